The van der Waals surface area contributed by atoms with Gasteiger partial charge in [0.25, 0.3) is 0 Å². The topological polar surface area (TPSA) is 33.4 Å². The molecule has 0 bridgehead atoms. The molecule has 2 aromatic rings. The van der Waals surface area contributed by atoms with E-state index in [2.05, 4.69) is 15.9 Å². The molecule has 13 heavy (non-hydrogen) atoms. The zero-order valence-corrected chi connectivity index (χ0v) is 8.76. The largest absolute Gasteiger partial charge is 0.461 e. The number of hydrogen-bond acceptors (Lipinski definition) is 2. The first kappa shape index (κ1) is 8.78. The van der Waals surface area contributed by atoms with Crippen molar-refractivity contribution in [3.63, 3.8) is 0 Å². The first-order chi connectivity index (χ1) is 6.22. The molecular weight excluding hydrogens is 232 g/mol. The molecule has 0 atom stereocenters. The Morgan fingerprint density at radius 3 is 2.92 bits per heavy atom. The van der Waals surface area contributed by atoms with E-state index in [1.807, 2.05) is 25.1 Å². The summed E-state index contributed by atoms with van der Waals surface area (Å²) >= 11 is 3.38. The van der Waals surface area contributed by atoms with Gasteiger partial charge in [-0.1, -0.05) is 15.9 Å². The van der Waals surface area contributed by atoms with Gasteiger partial charge < -0.3 is 9.52 Å². The van der Waals surface area contributed by atoms with Gasteiger partial charge in [0, 0.05) is 15.4 Å². The summed E-state index contributed by atoms with van der Waals surface area (Å²) in [6, 6.07) is 5.77. The third kappa shape index (κ3) is 1.38. The van der Waals surface area contributed by atoms with Crippen molar-refractivity contribution >= 4 is 26.9 Å². The molecule has 2 rings (SSSR count). The van der Waals surface area contributed by atoms with Crippen LogP contribution in [0.15, 0.2) is 27.1 Å². The second-order valence-corrected chi connectivity index (χ2v) is 3.85. The average molecular weight is 241 g/mol. The summed E-state index contributed by atoms with van der Waals surface area (Å²) < 4.78 is 6.46. The quantitative estimate of drug-likeness (QED) is 0.832. The van der Waals surface area contributed by atoms with Crippen molar-refractivity contribution in [1.29, 1.82) is 0 Å². The zero-order valence-electron chi connectivity index (χ0n) is 7.17. The number of halogens is 1. The van der Waals surface area contributed by atoms with Crippen LogP contribution in [-0.4, -0.2) is 5.11 Å². The molecule has 1 aromatic heterocycles. The predicted octanol–water partition coefficient (Wildman–Crippen LogP) is 3.00. The fourth-order valence-electron chi connectivity index (χ4n) is 1.44. The molecule has 0 saturated carbocycles. The fourth-order valence-corrected chi connectivity index (χ4v) is 1.80. The summed E-state index contributed by atoms with van der Waals surface area (Å²) in [5.41, 5.74) is 1.70. The summed E-state index contributed by atoms with van der Waals surface area (Å²) in [5, 5.41) is 10.1. The van der Waals surface area contributed by atoms with E-state index in [9.17, 15) is 0 Å². The number of hydrogen-bond donors (Lipinski definition) is 1. The van der Waals surface area contributed by atoms with Crippen LogP contribution in [-0.2, 0) is 6.61 Å². The lowest BCUT2D eigenvalue weighted by molar-refractivity contribution is 0.280. The molecule has 0 fully saturated rings. The SMILES string of the molecule is Cc1oc2ccc(Br)cc2c1CO. The number of aryl methyl sites for hydroxylation is 1. The molecule has 1 aromatic carbocycles. The van der Waals surface area contributed by atoms with Gasteiger partial charge in [-0.3, -0.25) is 0 Å². The van der Waals surface area contributed by atoms with Crippen LogP contribution in [0.25, 0.3) is 11.0 Å². The molecule has 2 nitrogen and oxygen atoms in total. The van der Waals surface area contributed by atoms with Gasteiger partial charge in [-0.2, -0.15) is 0 Å². The number of aliphatic hydroxyl groups excluding tert-OH is 1. The molecule has 0 spiro atoms. The summed E-state index contributed by atoms with van der Waals surface area (Å²) in [7, 11) is 0. The van der Waals surface area contributed by atoms with E-state index in [-0.39, 0.29) is 6.61 Å². The van der Waals surface area contributed by atoms with Gasteiger partial charge in [-0.25, -0.2) is 0 Å². The lowest BCUT2D eigenvalue weighted by atomic mass is 10.1. The minimum atomic E-state index is 0.0231. The summed E-state index contributed by atoms with van der Waals surface area (Å²) in [6.07, 6.45) is 0. The Bertz CT molecular complexity index is 445. The number of furan rings is 1. The lowest BCUT2D eigenvalue weighted by Gasteiger charge is -1.93. The van der Waals surface area contributed by atoms with E-state index in [1.54, 1.807) is 0 Å². The maximum absolute atomic E-state index is 9.12. The van der Waals surface area contributed by atoms with Gasteiger partial charge in [-0.05, 0) is 25.1 Å². The highest BCUT2D eigenvalue weighted by Crippen LogP contribution is 2.27. The van der Waals surface area contributed by atoms with E-state index < -0.39 is 0 Å². The van der Waals surface area contributed by atoms with E-state index in [1.165, 1.54) is 0 Å². The molecule has 68 valence electrons. The second-order valence-electron chi connectivity index (χ2n) is 2.94. The Labute approximate surface area is 84.3 Å². The van der Waals surface area contributed by atoms with Crippen LogP contribution in [0.1, 0.15) is 11.3 Å². The molecule has 0 unspecified atom stereocenters. The van der Waals surface area contributed by atoms with Gasteiger partial charge in [-0.15, -0.1) is 0 Å². The number of fused-ring (bicyclic) bond motifs is 1. The molecule has 3 heteroatoms. The van der Waals surface area contributed by atoms with E-state index in [0.29, 0.717) is 0 Å². The summed E-state index contributed by atoms with van der Waals surface area (Å²) in [4.78, 5) is 0. The standard InChI is InChI=1S/C10H9BrO2/c1-6-9(5-12)8-4-7(11)2-3-10(8)13-6/h2-4,12H,5H2,1H3. The van der Waals surface area contributed by atoms with Gasteiger partial charge in [0.1, 0.15) is 11.3 Å². The van der Waals surface area contributed by atoms with Crippen molar-refractivity contribution in [2.45, 2.75) is 13.5 Å². The molecule has 0 radical (unpaired) electrons. The van der Waals surface area contributed by atoms with Crippen LogP contribution in [0.3, 0.4) is 0 Å². The minimum Gasteiger partial charge on any atom is -0.461 e. The van der Waals surface area contributed by atoms with E-state index >= 15 is 0 Å². The van der Waals surface area contributed by atoms with Crippen LogP contribution in [0.4, 0.5) is 0 Å². The Kier molecular flexibility index (Phi) is 2.14. The highest BCUT2D eigenvalue weighted by Gasteiger charge is 2.09. The first-order valence-corrected chi connectivity index (χ1v) is 4.80. The zero-order chi connectivity index (χ0) is 9.42. The molecule has 1 N–H and O–H groups in total. The molecule has 0 aliphatic heterocycles. The lowest BCUT2D eigenvalue weighted by Crippen LogP contribution is -1.82. The summed E-state index contributed by atoms with van der Waals surface area (Å²) in [6.45, 7) is 1.88. The van der Waals surface area contributed by atoms with Crippen LogP contribution in [0.2, 0.25) is 0 Å². The minimum absolute atomic E-state index is 0.0231. The Balaban J connectivity index is 2.80. The van der Waals surface area contributed by atoms with Crippen molar-refractivity contribution < 1.29 is 9.52 Å². The van der Waals surface area contributed by atoms with Crippen molar-refractivity contribution in [3.8, 4) is 0 Å². The van der Waals surface area contributed by atoms with Crippen LogP contribution >= 0.6 is 15.9 Å². The third-order valence-corrected chi connectivity index (χ3v) is 2.61. The molecule has 0 aliphatic rings. The highest BCUT2D eigenvalue weighted by atomic mass is 79.9. The summed E-state index contributed by atoms with van der Waals surface area (Å²) in [5.74, 6) is 0.788. The van der Waals surface area contributed by atoms with Gasteiger partial charge >= 0.3 is 0 Å². The smallest absolute Gasteiger partial charge is 0.134 e. The molecular formula is C10H9BrO2. The molecule has 0 amide bonds. The van der Waals surface area contributed by atoms with Crippen LogP contribution in [0, 0.1) is 6.92 Å². The Morgan fingerprint density at radius 2 is 2.23 bits per heavy atom. The predicted molar refractivity (Wildman–Crippen MR) is 54.6 cm³/mol. The highest BCUT2D eigenvalue weighted by molar-refractivity contribution is 9.10. The molecule has 0 saturated heterocycles. The van der Waals surface area contributed by atoms with Crippen LogP contribution < -0.4 is 0 Å². The van der Waals surface area contributed by atoms with Crippen molar-refractivity contribution in [1.82, 2.24) is 0 Å². The number of benzene rings is 1. The maximum atomic E-state index is 9.12. The second kappa shape index (κ2) is 3.16. The number of aliphatic hydroxyl groups is 1. The van der Waals surface area contributed by atoms with Crippen LogP contribution in [0.5, 0.6) is 0 Å². The molecule has 0 aliphatic carbocycles. The molecule has 1 heterocycles. The van der Waals surface area contributed by atoms with Gasteiger partial charge in [0.2, 0.25) is 0 Å². The monoisotopic (exact) mass is 240 g/mol. The first-order valence-electron chi connectivity index (χ1n) is 4.01. The van der Waals surface area contributed by atoms with Crippen molar-refractivity contribution in [3.05, 3.63) is 34.0 Å². The van der Waals surface area contributed by atoms with Crippen molar-refractivity contribution in [2.24, 2.45) is 0 Å². The Morgan fingerprint density at radius 1 is 1.46 bits per heavy atom. The van der Waals surface area contributed by atoms with E-state index in [0.717, 1.165) is 26.8 Å². The van der Waals surface area contributed by atoms with Crippen molar-refractivity contribution in [2.75, 3.05) is 0 Å². The Hall–Kier alpha value is -0.800. The third-order valence-electron chi connectivity index (χ3n) is 2.11. The van der Waals surface area contributed by atoms with E-state index in [4.69, 9.17) is 9.52 Å². The average Bonchev–Trinajstić information content (AvgIpc) is 2.40. The van der Waals surface area contributed by atoms with Gasteiger partial charge in [0.05, 0.1) is 6.61 Å². The maximum Gasteiger partial charge on any atom is 0.134 e. The number of rotatable bonds is 1. The van der Waals surface area contributed by atoms with Gasteiger partial charge in [0.15, 0.2) is 0 Å². The normalized spacial score (nSPS) is 11.0. The fraction of sp³-hybridized carbons (Fsp3) is 0.200.